The van der Waals surface area contributed by atoms with Crippen molar-refractivity contribution in [2.45, 2.75) is 25.8 Å². The number of amides is 1. The summed E-state index contributed by atoms with van der Waals surface area (Å²) in [7, 11) is 0. The molecule has 6 heteroatoms. The Morgan fingerprint density at radius 2 is 2.25 bits per heavy atom. The van der Waals surface area contributed by atoms with Gasteiger partial charge in [-0.25, -0.2) is 0 Å². The highest BCUT2D eigenvalue weighted by Crippen LogP contribution is 2.14. The Balaban J connectivity index is 2.42. The van der Waals surface area contributed by atoms with Crippen LogP contribution >= 0.6 is 15.9 Å². The average Bonchev–Trinajstić information content (AvgIpc) is 2.62. The molecule has 0 radical (unpaired) electrons. The molecule has 1 atom stereocenters. The summed E-state index contributed by atoms with van der Waals surface area (Å²) in [6.45, 7) is 1.75. The SMILES string of the molecule is CC(CCC(=O)O)NC(=O)c1ccc(Br)o1. The monoisotopic (exact) mass is 289 g/mol. The number of carbonyl (C=O) groups excluding carboxylic acids is 1. The quantitative estimate of drug-likeness (QED) is 0.869. The summed E-state index contributed by atoms with van der Waals surface area (Å²) in [6, 6.07) is 2.97. The van der Waals surface area contributed by atoms with Gasteiger partial charge in [0, 0.05) is 12.5 Å². The van der Waals surface area contributed by atoms with E-state index in [4.69, 9.17) is 9.52 Å². The van der Waals surface area contributed by atoms with E-state index in [0.29, 0.717) is 11.1 Å². The van der Waals surface area contributed by atoms with Gasteiger partial charge >= 0.3 is 5.97 Å². The van der Waals surface area contributed by atoms with Gasteiger partial charge in [-0.1, -0.05) is 0 Å². The van der Waals surface area contributed by atoms with Crippen LogP contribution in [0.1, 0.15) is 30.3 Å². The van der Waals surface area contributed by atoms with Crippen LogP contribution in [0, 0.1) is 0 Å². The normalized spacial score (nSPS) is 12.1. The van der Waals surface area contributed by atoms with E-state index in [1.54, 1.807) is 19.1 Å². The zero-order valence-corrected chi connectivity index (χ0v) is 10.3. The minimum absolute atomic E-state index is 0.0310. The van der Waals surface area contributed by atoms with E-state index in [1.807, 2.05) is 0 Å². The first kappa shape index (κ1) is 12.8. The molecule has 0 aliphatic rings. The highest BCUT2D eigenvalue weighted by Gasteiger charge is 2.13. The van der Waals surface area contributed by atoms with Crippen molar-refractivity contribution in [2.24, 2.45) is 0 Å². The molecule has 88 valence electrons. The van der Waals surface area contributed by atoms with Gasteiger partial charge in [0.25, 0.3) is 5.91 Å². The van der Waals surface area contributed by atoms with Crippen LogP contribution in [0.5, 0.6) is 0 Å². The molecule has 5 nitrogen and oxygen atoms in total. The first-order valence-corrected chi connectivity index (χ1v) is 5.56. The number of furan rings is 1. The molecule has 1 unspecified atom stereocenters. The molecule has 0 saturated carbocycles. The van der Waals surface area contributed by atoms with Crippen molar-refractivity contribution in [3.05, 3.63) is 22.6 Å². The Labute approximate surface area is 101 Å². The molecule has 0 aromatic carbocycles. The van der Waals surface area contributed by atoms with Crippen LogP contribution in [0.3, 0.4) is 0 Å². The van der Waals surface area contributed by atoms with Gasteiger partial charge in [0.2, 0.25) is 0 Å². The second-order valence-electron chi connectivity index (χ2n) is 3.41. The number of carbonyl (C=O) groups is 2. The molecule has 0 bridgehead atoms. The van der Waals surface area contributed by atoms with Gasteiger partial charge in [0.15, 0.2) is 10.4 Å². The number of rotatable bonds is 5. The Bertz CT molecular complexity index is 388. The summed E-state index contributed by atoms with van der Waals surface area (Å²) in [6.07, 6.45) is 0.423. The second kappa shape index (κ2) is 5.69. The van der Waals surface area contributed by atoms with Crippen molar-refractivity contribution in [1.29, 1.82) is 0 Å². The lowest BCUT2D eigenvalue weighted by atomic mass is 10.2. The summed E-state index contributed by atoms with van der Waals surface area (Å²) in [5.41, 5.74) is 0. The first-order chi connectivity index (χ1) is 7.49. The fourth-order valence-electron chi connectivity index (χ4n) is 1.14. The average molecular weight is 290 g/mol. The minimum Gasteiger partial charge on any atom is -0.481 e. The molecule has 0 saturated heterocycles. The number of nitrogens with one attached hydrogen (secondary N) is 1. The summed E-state index contributed by atoms with van der Waals surface area (Å²) < 4.78 is 5.54. The van der Waals surface area contributed by atoms with E-state index in [9.17, 15) is 9.59 Å². The van der Waals surface area contributed by atoms with Gasteiger partial charge in [-0.2, -0.15) is 0 Å². The molecule has 1 aromatic heterocycles. The van der Waals surface area contributed by atoms with Crippen molar-refractivity contribution >= 4 is 27.8 Å². The van der Waals surface area contributed by atoms with Crippen molar-refractivity contribution in [1.82, 2.24) is 5.32 Å². The van der Waals surface area contributed by atoms with E-state index in [2.05, 4.69) is 21.2 Å². The highest BCUT2D eigenvalue weighted by molar-refractivity contribution is 9.10. The van der Waals surface area contributed by atoms with Crippen LogP contribution in [0.2, 0.25) is 0 Å². The zero-order valence-electron chi connectivity index (χ0n) is 8.70. The van der Waals surface area contributed by atoms with E-state index < -0.39 is 5.97 Å². The molecule has 0 aliphatic carbocycles. The summed E-state index contributed by atoms with van der Waals surface area (Å²) in [4.78, 5) is 21.9. The van der Waals surface area contributed by atoms with Gasteiger partial charge < -0.3 is 14.8 Å². The van der Waals surface area contributed by atoms with Crippen LogP contribution < -0.4 is 5.32 Å². The number of halogens is 1. The van der Waals surface area contributed by atoms with Crippen LogP contribution in [0.25, 0.3) is 0 Å². The fraction of sp³-hybridized carbons (Fsp3) is 0.400. The number of hydrogen-bond acceptors (Lipinski definition) is 3. The number of aliphatic carboxylic acids is 1. The lowest BCUT2D eigenvalue weighted by Crippen LogP contribution is -2.32. The maximum absolute atomic E-state index is 11.5. The van der Waals surface area contributed by atoms with E-state index in [1.165, 1.54) is 0 Å². The molecule has 0 spiro atoms. The van der Waals surface area contributed by atoms with Crippen LogP contribution in [0.15, 0.2) is 21.2 Å². The molecule has 1 heterocycles. The molecular formula is C10H12BrNO4. The number of hydrogen-bond donors (Lipinski definition) is 2. The summed E-state index contributed by atoms with van der Waals surface area (Å²) in [5.74, 6) is -1.01. The molecule has 0 aliphatic heterocycles. The van der Waals surface area contributed by atoms with Gasteiger partial charge in [-0.3, -0.25) is 9.59 Å². The molecule has 2 N–H and O–H groups in total. The lowest BCUT2D eigenvalue weighted by molar-refractivity contribution is -0.137. The van der Waals surface area contributed by atoms with Crippen molar-refractivity contribution in [3.8, 4) is 0 Å². The standard InChI is InChI=1S/C10H12BrNO4/c1-6(2-5-9(13)14)12-10(15)7-3-4-8(11)16-7/h3-4,6H,2,5H2,1H3,(H,12,15)(H,13,14). The number of carboxylic acids is 1. The van der Waals surface area contributed by atoms with Gasteiger partial charge in [0.05, 0.1) is 0 Å². The summed E-state index contributed by atoms with van der Waals surface area (Å²) >= 11 is 3.09. The van der Waals surface area contributed by atoms with Gasteiger partial charge in [-0.05, 0) is 41.4 Å². The molecule has 1 aromatic rings. The Morgan fingerprint density at radius 1 is 1.56 bits per heavy atom. The largest absolute Gasteiger partial charge is 0.481 e. The maximum Gasteiger partial charge on any atom is 0.303 e. The predicted octanol–water partition coefficient (Wildman–Crippen LogP) is 2.03. The maximum atomic E-state index is 11.5. The molecule has 1 rings (SSSR count). The van der Waals surface area contributed by atoms with Crippen molar-refractivity contribution < 1.29 is 19.1 Å². The molecule has 0 fully saturated rings. The van der Waals surface area contributed by atoms with Gasteiger partial charge in [-0.15, -0.1) is 0 Å². The third-order valence-electron chi connectivity index (χ3n) is 1.97. The molecule has 16 heavy (non-hydrogen) atoms. The van der Waals surface area contributed by atoms with Gasteiger partial charge in [0.1, 0.15) is 0 Å². The lowest BCUT2D eigenvalue weighted by Gasteiger charge is -2.10. The third kappa shape index (κ3) is 4.06. The highest BCUT2D eigenvalue weighted by atomic mass is 79.9. The topological polar surface area (TPSA) is 79.5 Å². The first-order valence-electron chi connectivity index (χ1n) is 4.77. The Morgan fingerprint density at radius 3 is 2.75 bits per heavy atom. The summed E-state index contributed by atoms with van der Waals surface area (Å²) in [5, 5.41) is 11.1. The van der Waals surface area contributed by atoms with E-state index in [-0.39, 0.29) is 24.1 Å². The number of carboxylic acid groups (broad SMARTS) is 1. The minimum atomic E-state index is -0.873. The second-order valence-corrected chi connectivity index (χ2v) is 4.19. The Kier molecular flexibility index (Phi) is 4.54. The van der Waals surface area contributed by atoms with Crippen LogP contribution in [-0.4, -0.2) is 23.0 Å². The Hall–Kier alpha value is -1.30. The fourth-order valence-corrected chi connectivity index (χ4v) is 1.45. The van der Waals surface area contributed by atoms with E-state index >= 15 is 0 Å². The molecule has 1 amide bonds. The molecular weight excluding hydrogens is 278 g/mol. The van der Waals surface area contributed by atoms with Crippen LogP contribution in [-0.2, 0) is 4.79 Å². The predicted molar refractivity (Wildman–Crippen MR) is 60.2 cm³/mol. The zero-order chi connectivity index (χ0) is 12.1. The third-order valence-corrected chi connectivity index (χ3v) is 2.39. The van der Waals surface area contributed by atoms with Crippen LogP contribution in [0.4, 0.5) is 0 Å². The van der Waals surface area contributed by atoms with Crippen molar-refractivity contribution in [3.63, 3.8) is 0 Å². The van der Waals surface area contributed by atoms with Crippen molar-refractivity contribution in [2.75, 3.05) is 0 Å². The van der Waals surface area contributed by atoms with E-state index in [0.717, 1.165) is 0 Å². The smallest absolute Gasteiger partial charge is 0.303 e.